The van der Waals surface area contributed by atoms with Crippen LogP contribution in [0.25, 0.3) is 22.6 Å². The van der Waals surface area contributed by atoms with E-state index in [1.165, 1.54) is 0 Å². The maximum Gasteiger partial charge on any atom is 0.124 e. The molecule has 1 aromatic carbocycles. The summed E-state index contributed by atoms with van der Waals surface area (Å²) in [6.45, 7) is 0. The topological polar surface area (TPSA) is 46.0 Å². The quantitative estimate of drug-likeness (QED) is 0.715. The van der Waals surface area contributed by atoms with Crippen LogP contribution < -0.4 is 0 Å². The number of benzene rings is 1. The Morgan fingerprint density at radius 2 is 1.35 bits per heavy atom. The van der Waals surface area contributed by atoms with Gasteiger partial charge in [-0.05, 0) is 52.3 Å². The average Bonchev–Trinajstić information content (AvgIpc) is 2.48. The van der Waals surface area contributed by atoms with Crippen molar-refractivity contribution in [1.29, 1.82) is 0 Å². The molecule has 0 aliphatic heterocycles. The summed E-state index contributed by atoms with van der Waals surface area (Å²) in [6, 6.07) is 18.5. The molecule has 2 heterocycles. The average molecular weight is 327 g/mol. The van der Waals surface area contributed by atoms with Crippen LogP contribution in [0.4, 0.5) is 0 Å². The molecule has 2 aromatic heterocycles. The van der Waals surface area contributed by atoms with E-state index in [-0.39, 0.29) is 5.75 Å². The minimum absolute atomic E-state index is 0.222. The summed E-state index contributed by atoms with van der Waals surface area (Å²) in [5.74, 6) is 0.222. The molecule has 3 aromatic rings. The first kappa shape index (κ1) is 12.8. The van der Waals surface area contributed by atoms with Crippen molar-refractivity contribution in [2.75, 3.05) is 0 Å². The van der Waals surface area contributed by atoms with E-state index in [1.807, 2.05) is 48.5 Å². The lowest BCUT2D eigenvalue weighted by Gasteiger charge is -2.06. The highest BCUT2D eigenvalue weighted by molar-refractivity contribution is 9.10. The van der Waals surface area contributed by atoms with E-state index in [4.69, 9.17) is 0 Å². The fraction of sp³-hybridized carbons (Fsp3) is 0. The van der Waals surface area contributed by atoms with Crippen molar-refractivity contribution in [3.05, 3.63) is 65.3 Å². The summed E-state index contributed by atoms with van der Waals surface area (Å²) in [6.07, 6.45) is 0. The summed E-state index contributed by atoms with van der Waals surface area (Å²) in [7, 11) is 0. The first-order valence-electron chi connectivity index (χ1n) is 6.12. The maximum atomic E-state index is 9.91. The normalized spacial score (nSPS) is 10.4. The first-order chi connectivity index (χ1) is 9.74. The molecule has 0 unspecified atom stereocenters. The number of hydrogen-bond acceptors (Lipinski definition) is 3. The summed E-state index contributed by atoms with van der Waals surface area (Å²) in [4.78, 5) is 8.96. The minimum Gasteiger partial charge on any atom is -0.507 e. The number of phenols is 1. The van der Waals surface area contributed by atoms with Crippen LogP contribution in [0.5, 0.6) is 5.75 Å². The van der Waals surface area contributed by atoms with Gasteiger partial charge >= 0.3 is 0 Å². The van der Waals surface area contributed by atoms with Gasteiger partial charge in [-0.25, -0.2) is 9.97 Å². The lowest BCUT2D eigenvalue weighted by Crippen LogP contribution is -1.90. The predicted molar refractivity (Wildman–Crippen MR) is 82.3 cm³/mol. The summed E-state index contributed by atoms with van der Waals surface area (Å²) < 4.78 is 0.768. The molecule has 1 N–H and O–H groups in total. The van der Waals surface area contributed by atoms with Crippen molar-refractivity contribution < 1.29 is 5.11 Å². The van der Waals surface area contributed by atoms with E-state index in [2.05, 4.69) is 25.9 Å². The zero-order valence-electron chi connectivity index (χ0n) is 10.5. The second-order valence-corrected chi connectivity index (χ2v) is 5.08. The van der Waals surface area contributed by atoms with E-state index in [1.54, 1.807) is 12.1 Å². The van der Waals surface area contributed by atoms with Crippen molar-refractivity contribution in [1.82, 2.24) is 9.97 Å². The second-order valence-electron chi connectivity index (χ2n) is 4.27. The van der Waals surface area contributed by atoms with E-state index in [0.717, 1.165) is 21.7 Å². The molecule has 0 saturated heterocycles. The SMILES string of the molecule is Oc1ccccc1-c1cccc(-c2cccc(Br)n2)n1. The highest BCUT2D eigenvalue weighted by Crippen LogP contribution is 2.28. The van der Waals surface area contributed by atoms with Crippen LogP contribution >= 0.6 is 15.9 Å². The lowest BCUT2D eigenvalue weighted by molar-refractivity contribution is 0.477. The molecule has 3 rings (SSSR count). The Bertz CT molecular complexity index is 759. The summed E-state index contributed by atoms with van der Waals surface area (Å²) >= 11 is 3.36. The molecule has 0 fully saturated rings. The van der Waals surface area contributed by atoms with Crippen molar-refractivity contribution in [3.8, 4) is 28.4 Å². The van der Waals surface area contributed by atoms with Gasteiger partial charge < -0.3 is 5.11 Å². The number of nitrogens with zero attached hydrogens (tertiary/aromatic N) is 2. The molecule has 3 nitrogen and oxygen atoms in total. The summed E-state index contributed by atoms with van der Waals surface area (Å²) in [5.41, 5.74) is 3.00. The van der Waals surface area contributed by atoms with Crippen LogP contribution in [-0.4, -0.2) is 15.1 Å². The molecule has 0 aliphatic carbocycles. The van der Waals surface area contributed by atoms with Gasteiger partial charge in [0, 0.05) is 5.56 Å². The molecule has 0 bridgehead atoms. The number of aromatic nitrogens is 2. The van der Waals surface area contributed by atoms with Crippen molar-refractivity contribution in [2.45, 2.75) is 0 Å². The molecular formula is C16H11BrN2O. The Labute approximate surface area is 125 Å². The van der Waals surface area contributed by atoms with Crippen LogP contribution in [-0.2, 0) is 0 Å². The minimum atomic E-state index is 0.222. The predicted octanol–water partition coefficient (Wildman–Crippen LogP) is 4.28. The fourth-order valence-electron chi connectivity index (χ4n) is 1.97. The molecule has 0 amide bonds. The van der Waals surface area contributed by atoms with E-state index in [9.17, 15) is 5.11 Å². The molecule has 0 spiro atoms. The van der Waals surface area contributed by atoms with Crippen molar-refractivity contribution >= 4 is 15.9 Å². The smallest absolute Gasteiger partial charge is 0.124 e. The molecule has 20 heavy (non-hydrogen) atoms. The monoisotopic (exact) mass is 326 g/mol. The number of rotatable bonds is 2. The Morgan fingerprint density at radius 1 is 0.700 bits per heavy atom. The van der Waals surface area contributed by atoms with E-state index in [0.29, 0.717) is 5.56 Å². The number of aromatic hydroxyl groups is 1. The van der Waals surface area contributed by atoms with Gasteiger partial charge in [0.25, 0.3) is 0 Å². The molecule has 4 heteroatoms. The van der Waals surface area contributed by atoms with Gasteiger partial charge in [-0.1, -0.05) is 24.3 Å². The first-order valence-corrected chi connectivity index (χ1v) is 6.92. The Balaban J connectivity index is 2.09. The van der Waals surface area contributed by atoms with Gasteiger partial charge in [-0.3, -0.25) is 0 Å². The number of hydrogen-bond donors (Lipinski definition) is 1. The highest BCUT2D eigenvalue weighted by Gasteiger charge is 2.07. The third kappa shape index (κ3) is 2.56. The molecule has 0 atom stereocenters. The zero-order valence-corrected chi connectivity index (χ0v) is 12.1. The van der Waals surface area contributed by atoms with Crippen LogP contribution in [0.2, 0.25) is 0 Å². The van der Waals surface area contributed by atoms with Gasteiger partial charge in [-0.2, -0.15) is 0 Å². The standard InChI is InChI=1S/C16H11BrN2O/c17-16-10-4-8-14(19-16)13-7-3-6-12(18-13)11-5-1-2-9-15(11)20/h1-10,20H. The third-order valence-electron chi connectivity index (χ3n) is 2.91. The van der Waals surface area contributed by atoms with Gasteiger partial charge in [0.2, 0.25) is 0 Å². The molecule has 0 radical (unpaired) electrons. The Morgan fingerprint density at radius 3 is 2.10 bits per heavy atom. The highest BCUT2D eigenvalue weighted by atomic mass is 79.9. The number of pyridine rings is 2. The summed E-state index contributed by atoms with van der Waals surface area (Å²) in [5, 5.41) is 9.91. The van der Waals surface area contributed by atoms with Crippen LogP contribution in [0.15, 0.2) is 65.3 Å². The van der Waals surface area contributed by atoms with Gasteiger partial charge in [-0.15, -0.1) is 0 Å². The number of phenolic OH excluding ortho intramolecular Hbond substituents is 1. The fourth-order valence-corrected chi connectivity index (χ4v) is 2.31. The number of halogens is 1. The van der Waals surface area contributed by atoms with Crippen molar-refractivity contribution in [2.24, 2.45) is 0 Å². The molecular weight excluding hydrogens is 316 g/mol. The van der Waals surface area contributed by atoms with Crippen LogP contribution in [0.3, 0.4) is 0 Å². The number of para-hydroxylation sites is 1. The van der Waals surface area contributed by atoms with Crippen molar-refractivity contribution in [3.63, 3.8) is 0 Å². The van der Waals surface area contributed by atoms with Gasteiger partial charge in [0.1, 0.15) is 10.4 Å². The van der Waals surface area contributed by atoms with E-state index >= 15 is 0 Å². The van der Waals surface area contributed by atoms with Crippen LogP contribution in [0.1, 0.15) is 0 Å². The van der Waals surface area contributed by atoms with Gasteiger partial charge in [0.05, 0.1) is 17.1 Å². The van der Waals surface area contributed by atoms with Crippen LogP contribution in [0, 0.1) is 0 Å². The Kier molecular flexibility index (Phi) is 3.48. The molecule has 0 saturated carbocycles. The molecule has 0 aliphatic rings. The van der Waals surface area contributed by atoms with Gasteiger partial charge in [0.15, 0.2) is 0 Å². The second kappa shape index (κ2) is 5.43. The lowest BCUT2D eigenvalue weighted by atomic mass is 10.1. The molecule has 98 valence electrons. The maximum absolute atomic E-state index is 9.91. The zero-order chi connectivity index (χ0) is 13.9. The third-order valence-corrected chi connectivity index (χ3v) is 3.35. The largest absolute Gasteiger partial charge is 0.507 e. The van der Waals surface area contributed by atoms with E-state index < -0.39 is 0 Å². The Hall–Kier alpha value is -2.20.